The molecule has 3 rings (SSSR count). The lowest BCUT2D eigenvalue weighted by atomic mass is 10.0. The number of amides is 1. The second-order valence-corrected chi connectivity index (χ2v) is 9.34. The predicted molar refractivity (Wildman–Crippen MR) is 105 cm³/mol. The van der Waals surface area contributed by atoms with Gasteiger partial charge in [0.25, 0.3) is 5.56 Å². The first-order chi connectivity index (χ1) is 11.9. The lowest BCUT2D eigenvalue weighted by Gasteiger charge is -2.35. The van der Waals surface area contributed by atoms with Gasteiger partial charge in [-0.2, -0.15) is 0 Å². The molecule has 25 heavy (non-hydrogen) atoms. The number of thiophene rings is 1. The molecule has 0 saturated carbocycles. The Morgan fingerprint density at radius 3 is 2.92 bits per heavy atom. The van der Waals surface area contributed by atoms with Gasteiger partial charge in [0, 0.05) is 17.5 Å². The van der Waals surface area contributed by atoms with E-state index in [1.54, 1.807) is 23.1 Å². The monoisotopic (exact) mass is 379 g/mol. The van der Waals surface area contributed by atoms with Crippen molar-refractivity contribution in [2.45, 2.75) is 64.0 Å². The Bertz CT molecular complexity index is 843. The van der Waals surface area contributed by atoms with Crippen LogP contribution in [0.1, 0.15) is 49.4 Å². The summed E-state index contributed by atoms with van der Waals surface area (Å²) in [6, 6.07) is 0.329. The highest BCUT2D eigenvalue weighted by Crippen LogP contribution is 2.27. The van der Waals surface area contributed by atoms with Gasteiger partial charge in [0.2, 0.25) is 5.91 Å². The zero-order chi connectivity index (χ0) is 18.1. The molecule has 1 aliphatic heterocycles. The van der Waals surface area contributed by atoms with Gasteiger partial charge < -0.3 is 9.88 Å². The van der Waals surface area contributed by atoms with Gasteiger partial charge in [-0.05, 0) is 52.5 Å². The number of nitrogens with one attached hydrogen (secondary N) is 1. The maximum atomic E-state index is 12.7. The van der Waals surface area contributed by atoms with Crippen molar-refractivity contribution in [1.82, 2.24) is 14.9 Å². The second-order valence-electron chi connectivity index (χ2n) is 6.81. The van der Waals surface area contributed by atoms with E-state index in [2.05, 4.69) is 16.9 Å². The highest BCUT2D eigenvalue weighted by Gasteiger charge is 2.27. The van der Waals surface area contributed by atoms with Crippen molar-refractivity contribution in [3.05, 3.63) is 26.6 Å². The van der Waals surface area contributed by atoms with E-state index in [-0.39, 0.29) is 16.7 Å². The van der Waals surface area contributed by atoms with E-state index in [1.165, 1.54) is 6.42 Å². The quantitative estimate of drug-likeness (QED) is 0.881. The number of nitrogens with zero attached hydrogens (tertiary/aromatic N) is 2. The molecule has 1 aliphatic rings. The molecular weight excluding hydrogens is 354 g/mol. The summed E-state index contributed by atoms with van der Waals surface area (Å²) in [6.45, 7) is 8.91. The van der Waals surface area contributed by atoms with Gasteiger partial charge >= 0.3 is 0 Å². The standard InChI is InChI=1S/C18H25N3O2S2/c1-10-7-5-6-8-21(10)18(23)13(4)24-9-14-19-16(22)15-11(2)12(3)25-17(15)20-14/h10,13H,5-9H2,1-4H3,(H,19,20,22). The number of H-pyrrole nitrogens is 1. The summed E-state index contributed by atoms with van der Waals surface area (Å²) in [5, 5.41) is 0.566. The van der Waals surface area contributed by atoms with Crippen molar-refractivity contribution < 1.29 is 4.79 Å². The number of aryl methyl sites for hydroxylation is 2. The molecule has 2 aromatic rings. The molecule has 5 nitrogen and oxygen atoms in total. The lowest BCUT2D eigenvalue weighted by molar-refractivity contribution is -0.133. The van der Waals surface area contributed by atoms with Crippen LogP contribution in [0, 0.1) is 13.8 Å². The number of hydrogen-bond acceptors (Lipinski definition) is 5. The summed E-state index contributed by atoms with van der Waals surface area (Å²) in [6.07, 6.45) is 3.39. The van der Waals surface area contributed by atoms with Gasteiger partial charge in [-0.1, -0.05) is 0 Å². The fourth-order valence-corrected chi connectivity index (χ4v) is 5.17. The zero-order valence-corrected chi connectivity index (χ0v) is 16.9. The summed E-state index contributed by atoms with van der Waals surface area (Å²) in [4.78, 5) is 36.4. The van der Waals surface area contributed by atoms with Gasteiger partial charge in [-0.3, -0.25) is 9.59 Å². The third-order valence-corrected chi connectivity index (χ3v) is 7.23. The Morgan fingerprint density at radius 2 is 2.20 bits per heavy atom. The van der Waals surface area contributed by atoms with Crippen molar-refractivity contribution >= 4 is 39.2 Å². The minimum absolute atomic E-state index is 0.0777. The van der Waals surface area contributed by atoms with Gasteiger partial charge in [-0.25, -0.2) is 4.98 Å². The number of piperidine rings is 1. The molecule has 0 aromatic carbocycles. The van der Waals surface area contributed by atoms with Crippen LogP contribution >= 0.6 is 23.1 Å². The average molecular weight is 380 g/mol. The van der Waals surface area contributed by atoms with E-state index < -0.39 is 0 Å². The van der Waals surface area contributed by atoms with Crippen molar-refractivity contribution in [3.8, 4) is 0 Å². The largest absolute Gasteiger partial charge is 0.339 e. The highest BCUT2D eigenvalue weighted by atomic mass is 32.2. The van der Waals surface area contributed by atoms with Crippen LogP contribution in [0.3, 0.4) is 0 Å². The van der Waals surface area contributed by atoms with E-state index in [0.29, 0.717) is 23.0 Å². The molecule has 0 aliphatic carbocycles. The van der Waals surface area contributed by atoms with Crippen molar-refractivity contribution in [2.75, 3.05) is 6.54 Å². The van der Waals surface area contributed by atoms with Crippen molar-refractivity contribution in [3.63, 3.8) is 0 Å². The number of carbonyl (C=O) groups excluding carboxylic acids is 1. The fourth-order valence-electron chi connectivity index (χ4n) is 3.30. The smallest absolute Gasteiger partial charge is 0.259 e. The highest BCUT2D eigenvalue weighted by molar-refractivity contribution is 7.99. The van der Waals surface area contributed by atoms with Crippen LogP contribution in [0.4, 0.5) is 0 Å². The molecule has 2 unspecified atom stereocenters. The maximum Gasteiger partial charge on any atom is 0.259 e. The first-order valence-electron chi connectivity index (χ1n) is 8.79. The van der Waals surface area contributed by atoms with E-state index >= 15 is 0 Å². The van der Waals surface area contributed by atoms with Crippen LogP contribution in [0.5, 0.6) is 0 Å². The fraction of sp³-hybridized carbons (Fsp3) is 0.611. The summed E-state index contributed by atoms with van der Waals surface area (Å²) >= 11 is 3.10. The first-order valence-corrected chi connectivity index (χ1v) is 10.7. The number of aromatic nitrogens is 2. The van der Waals surface area contributed by atoms with E-state index in [4.69, 9.17) is 0 Å². The molecule has 0 bridgehead atoms. The van der Waals surface area contributed by atoms with E-state index in [9.17, 15) is 9.59 Å². The van der Waals surface area contributed by atoms with Crippen LogP contribution in [-0.4, -0.2) is 38.6 Å². The third kappa shape index (κ3) is 3.77. The Kier molecular flexibility index (Phi) is 5.53. The molecule has 0 radical (unpaired) electrons. The third-order valence-electron chi connectivity index (χ3n) is 4.99. The van der Waals surface area contributed by atoms with Crippen LogP contribution in [0.25, 0.3) is 10.2 Å². The van der Waals surface area contributed by atoms with Crippen LogP contribution < -0.4 is 5.56 Å². The molecule has 7 heteroatoms. The summed E-state index contributed by atoms with van der Waals surface area (Å²) in [7, 11) is 0. The summed E-state index contributed by atoms with van der Waals surface area (Å²) in [5.41, 5.74) is 0.932. The minimum Gasteiger partial charge on any atom is -0.339 e. The lowest BCUT2D eigenvalue weighted by Crippen LogP contribution is -2.45. The first kappa shape index (κ1) is 18.5. The van der Waals surface area contributed by atoms with E-state index in [0.717, 1.165) is 34.7 Å². The minimum atomic E-state index is -0.131. The van der Waals surface area contributed by atoms with Crippen LogP contribution in [0.2, 0.25) is 0 Å². The average Bonchev–Trinajstić information content (AvgIpc) is 2.87. The number of hydrogen-bond donors (Lipinski definition) is 1. The van der Waals surface area contributed by atoms with Gasteiger partial charge in [0.05, 0.1) is 16.4 Å². The Hall–Kier alpha value is -1.34. The molecule has 1 N–H and O–H groups in total. The maximum absolute atomic E-state index is 12.7. The predicted octanol–water partition coefficient (Wildman–Crippen LogP) is 3.62. The van der Waals surface area contributed by atoms with Crippen molar-refractivity contribution in [1.29, 1.82) is 0 Å². The number of thioether (sulfide) groups is 1. The van der Waals surface area contributed by atoms with Gasteiger partial charge in [0.1, 0.15) is 10.7 Å². The Balaban J connectivity index is 1.69. The number of fused-ring (bicyclic) bond motifs is 1. The Labute approximate surface area is 156 Å². The van der Waals surface area contributed by atoms with Crippen LogP contribution in [0.15, 0.2) is 4.79 Å². The van der Waals surface area contributed by atoms with Gasteiger partial charge in [0.15, 0.2) is 0 Å². The zero-order valence-electron chi connectivity index (χ0n) is 15.2. The molecular formula is C18H25N3O2S2. The van der Waals surface area contributed by atoms with Crippen LogP contribution in [-0.2, 0) is 10.5 Å². The van der Waals surface area contributed by atoms with Gasteiger partial charge in [-0.15, -0.1) is 23.1 Å². The SMILES string of the molecule is Cc1sc2nc(CSC(C)C(=O)N3CCCCC3C)[nH]c(=O)c2c1C. The number of likely N-dealkylation sites (tertiary alicyclic amines) is 1. The molecule has 3 heterocycles. The second kappa shape index (κ2) is 7.50. The number of carbonyl (C=O) groups is 1. The molecule has 2 aromatic heterocycles. The summed E-state index contributed by atoms with van der Waals surface area (Å²) < 4.78 is 0. The summed E-state index contributed by atoms with van der Waals surface area (Å²) in [5.74, 6) is 1.38. The van der Waals surface area contributed by atoms with Crippen molar-refractivity contribution in [2.24, 2.45) is 0 Å². The number of aromatic amines is 1. The molecule has 0 spiro atoms. The molecule has 136 valence electrons. The molecule has 1 amide bonds. The molecule has 1 saturated heterocycles. The topological polar surface area (TPSA) is 66.1 Å². The number of rotatable bonds is 4. The molecule has 2 atom stereocenters. The Morgan fingerprint density at radius 1 is 1.44 bits per heavy atom. The normalized spacial score (nSPS) is 19.4. The molecule has 1 fully saturated rings. The van der Waals surface area contributed by atoms with E-state index in [1.807, 2.05) is 25.7 Å².